The van der Waals surface area contributed by atoms with Crippen molar-refractivity contribution in [3.05, 3.63) is 69.2 Å². The smallest absolute Gasteiger partial charge is 0.258 e. The molecule has 0 N–H and O–H groups in total. The quantitative estimate of drug-likeness (QED) is 0.631. The Morgan fingerprint density at radius 1 is 1.14 bits per heavy atom. The average Bonchev–Trinajstić information content (AvgIpc) is 2.97. The maximum atomic E-state index is 10.7. The molecule has 106 valence electrons. The molecule has 0 saturated heterocycles. The van der Waals surface area contributed by atoms with Gasteiger partial charge in [-0.05, 0) is 42.0 Å². The van der Waals surface area contributed by atoms with E-state index in [1.807, 2.05) is 12.1 Å². The largest absolute Gasteiger partial charge is 0.269 e. The molecular weight excluding hydrogens is 292 g/mol. The van der Waals surface area contributed by atoms with E-state index in [9.17, 15) is 10.1 Å². The summed E-state index contributed by atoms with van der Waals surface area (Å²) in [5.41, 5.74) is 1.88. The first-order valence-corrected chi connectivity index (χ1v) is 6.69. The number of rotatable bonds is 3. The predicted molar refractivity (Wildman–Crippen MR) is 79.5 cm³/mol. The molecule has 21 heavy (non-hydrogen) atoms. The van der Waals surface area contributed by atoms with Crippen LogP contribution < -0.4 is 5.01 Å². The van der Waals surface area contributed by atoms with E-state index in [0.717, 1.165) is 11.3 Å². The molecule has 3 rings (SSSR count). The molecule has 1 unspecified atom stereocenters. The average molecular weight is 303 g/mol. The molecule has 0 spiro atoms. The highest BCUT2D eigenvalue weighted by atomic mass is 35.5. The van der Waals surface area contributed by atoms with Gasteiger partial charge in [0.15, 0.2) is 0 Å². The number of hydrogen-bond donors (Lipinski definition) is 0. The predicted octanol–water partition coefficient (Wildman–Crippen LogP) is 4.18. The standard InChI is InChI=1S/C14H11ClN4O2/c15-11-3-7-12(8-4-11)18-14(9-16-17-18)10-1-5-13(6-2-10)19(20)21/h1-8,14H,9H2. The second-order valence-electron chi connectivity index (χ2n) is 4.60. The van der Waals surface area contributed by atoms with Gasteiger partial charge in [-0.25, -0.2) is 5.01 Å². The van der Waals surface area contributed by atoms with Gasteiger partial charge in [-0.2, -0.15) is 5.11 Å². The number of nitro groups is 1. The number of nitrogens with zero attached hydrogens (tertiary/aromatic N) is 4. The third kappa shape index (κ3) is 2.71. The van der Waals surface area contributed by atoms with Crippen LogP contribution in [0.4, 0.5) is 11.4 Å². The van der Waals surface area contributed by atoms with Gasteiger partial charge in [-0.3, -0.25) is 10.1 Å². The van der Waals surface area contributed by atoms with E-state index in [4.69, 9.17) is 11.6 Å². The van der Waals surface area contributed by atoms with Crippen molar-refractivity contribution in [3.63, 3.8) is 0 Å². The molecule has 0 saturated carbocycles. The lowest BCUT2D eigenvalue weighted by Gasteiger charge is -2.22. The molecule has 0 bridgehead atoms. The number of non-ortho nitro benzene ring substituents is 1. The molecule has 6 nitrogen and oxygen atoms in total. The topological polar surface area (TPSA) is 71.1 Å². The zero-order valence-electron chi connectivity index (χ0n) is 10.9. The summed E-state index contributed by atoms with van der Waals surface area (Å²) in [5, 5.41) is 21.3. The van der Waals surface area contributed by atoms with Gasteiger partial charge < -0.3 is 0 Å². The highest BCUT2D eigenvalue weighted by molar-refractivity contribution is 6.30. The van der Waals surface area contributed by atoms with Crippen LogP contribution in [0.2, 0.25) is 5.02 Å². The fourth-order valence-electron chi connectivity index (χ4n) is 2.21. The first kappa shape index (κ1) is 13.5. The van der Waals surface area contributed by atoms with Crippen molar-refractivity contribution in [1.82, 2.24) is 0 Å². The molecular formula is C14H11ClN4O2. The van der Waals surface area contributed by atoms with Gasteiger partial charge in [0.1, 0.15) is 6.04 Å². The summed E-state index contributed by atoms with van der Waals surface area (Å²) in [7, 11) is 0. The van der Waals surface area contributed by atoms with Crippen LogP contribution in [-0.4, -0.2) is 11.5 Å². The number of anilines is 1. The fourth-order valence-corrected chi connectivity index (χ4v) is 2.34. The molecule has 1 atom stereocenters. The van der Waals surface area contributed by atoms with Crippen LogP contribution in [0.15, 0.2) is 58.9 Å². The lowest BCUT2D eigenvalue weighted by Crippen LogP contribution is -2.20. The van der Waals surface area contributed by atoms with E-state index >= 15 is 0 Å². The van der Waals surface area contributed by atoms with Gasteiger partial charge in [0.25, 0.3) is 5.69 Å². The highest BCUT2D eigenvalue weighted by Gasteiger charge is 2.25. The highest BCUT2D eigenvalue weighted by Crippen LogP contribution is 2.33. The number of halogens is 1. The Kier molecular flexibility index (Phi) is 3.53. The van der Waals surface area contributed by atoms with Crippen molar-refractivity contribution in [1.29, 1.82) is 0 Å². The fraction of sp³-hybridized carbons (Fsp3) is 0.143. The molecule has 0 aliphatic carbocycles. The molecule has 7 heteroatoms. The Morgan fingerprint density at radius 3 is 2.43 bits per heavy atom. The summed E-state index contributed by atoms with van der Waals surface area (Å²) in [6, 6.07) is 13.7. The molecule has 0 amide bonds. The van der Waals surface area contributed by atoms with E-state index in [0.29, 0.717) is 11.6 Å². The number of nitro benzene ring substituents is 1. The van der Waals surface area contributed by atoms with E-state index in [2.05, 4.69) is 10.3 Å². The molecule has 1 aliphatic heterocycles. The third-order valence-corrected chi connectivity index (χ3v) is 3.54. The van der Waals surface area contributed by atoms with Gasteiger partial charge >= 0.3 is 0 Å². The van der Waals surface area contributed by atoms with Gasteiger partial charge in [0.2, 0.25) is 0 Å². The first-order valence-electron chi connectivity index (χ1n) is 6.32. The van der Waals surface area contributed by atoms with Crippen LogP contribution in [0.3, 0.4) is 0 Å². The minimum absolute atomic E-state index is 0.0630. The molecule has 0 radical (unpaired) electrons. The van der Waals surface area contributed by atoms with Crippen molar-refractivity contribution in [2.24, 2.45) is 10.3 Å². The summed E-state index contributed by atoms with van der Waals surface area (Å²) < 4.78 is 0. The van der Waals surface area contributed by atoms with Crippen molar-refractivity contribution in [2.45, 2.75) is 6.04 Å². The summed E-state index contributed by atoms with van der Waals surface area (Å²) in [4.78, 5) is 10.3. The minimum atomic E-state index is -0.413. The van der Waals surface area contributed by atoms with E-state index in [1.165, 1.54) is 12.1 Å². The Hall–Kier alpha value is -2.47. The van der Waals surface area contributed by atoms with Crippen LogP contribution in [0, 0.1) is 10.1 Å². The van der Waals surface area contributed by atoms with Crippen LogP contribution >= 0.6 is 11.6 Å². The number of hydrogen-bond acceptors (Lipinski definition) is 5. The summed E-state index contributed by atoms with van der Waals surface area (Å²) in [6.45, 7) is 0.514. The van der Waals surface area contributed by atoms with E-state index in [1.54, 1.807) is 29.3 Å². The maximum absolute atomic E-state index is 10.7. The minimum Gasteiger partial charge on any atom is -0.258 e. The van der Waals surface area contributed by atoms with Crippen molar-refractivity contribution in [3.8, 4) is 0 Å². The number of benzene rings is 2. The van der Waals surface area contributed by atoms with Crippen molar-refractivity contribution < 1.29 is 4.92 Å². The van der Waals surface area contributed by atoms with E-state index < -0.39 is 4.92 Å². The van der Waals surface area contributed by atoms with Crippen molar-refractivity contribution in [2.75, 3.05) is 11.6 Å². The Bertz CT molecular complexity index is 685. The molecule has 2 aromatic rings. The van der Waals surface area contributed by atoms with Gasteiger partial charge in [-0.15, -0.1) is 0 Å². The van der Waals surface area contributed by atoms with Crippen LogP contribution in [-0.2, 0) is 0 Å². The second kappa shape index (κ2) is 5.49. The summed E-state index contributed by atoms with van der Waals surface area (Å²) in [6.07, 6.45) is 0. The lowest BCUT2D eigenvalue weighted by molar-refractivity contribution is -0.384. The SMILES string of the molecule is O=[N+]([O-])c1ccc(C2CN=NN2c2ccc(Cl)cc2)cc1. The second-order valence-corrected chi connectivity index (χ2v) is 5.04. The third-order valence-electron chi connectivity index (χ3n) is 3.29. The molecule has 1 heterocycles. The lowest BCUT2D eigenvalue weighted by atomic mass is 10.1. The van der Waals surface area contributed by atoms with Gasteiger partial charge in [0.05, 0.1) is 17.2 Å². The van der Waals surface area contributed by atoms with Crippen molar-refractivity contribution >= 4 is 23.0 Å². The Balaban J connectivity index is 1.87. The Labute approximate surface area is 125 Å². The zero-order chi connectivity index (χ0) is 14.8. The van der Waals surface area contributed by atoms with Crippen LogP contribution in [0.5, 0.6) is 0 Å². The molecule has 0 aromatic heterocycles. The van der Waals surface area contributed by atoms with Gasteiger partial charge in [-0.1, -0.05) is 16.8 Å². The monoisotopic (exact) mass is 302 g/mol. The normalized spacial score (nSPS) is 17.2. The van der Waals surface area contributed by atoms with Gasteiger partial charge in [0, 0.05) is 17.2 Å². The summed E-state index contributed by atoms with van der Waals surface area (Å²) >= 11 is 5.88. The molecule has 2 aromatic carbocycles. The molecule has 1 aliphatic rings. The van der Waals surface area contributed by atoms with E-state index in [-0.39, 0.29) is 11.7 Å². The van der Waals surface area contributed by atoms with Crippen LogP contribution in [0.1, 0.15) is 11.6 Å². The maximum Gasteiger partial charge on any atom is 0.269 e. The molecule has 0 fully saturated rings. The zero-order valence-corrected chi connectivity index (χ0v) is 11.6. The summed E-state index contributed by atoms with van der Waals surface area (Å²) in [5.74, 6) is 0. The van der Waals surface area contributed by atoms with Crippen LogP contribution in [0.25, 0.3) is 0 Å². The Morgan fingerprint density at radius 2 is 1.81 bits per heavy atom. The first-order chi connectivity index (χ1) is 10.1.